The van der Waals surface area contributed by atoms with Crippen molar-refractivity contribution in [2.24, 2.45) is 10.2 Å². The van der Waals surface area contributed by atoms with E-state index >= 15 is 0 Å². The van der Waals surface area contributed by atoms with Crippen molar-refractivity contribution in [1.29, 1.82) is 0 Å². The molecule has 11 nitrogen and oxygen atoms in total. The molecule has 2 aromatic carbocycles. The maximum absolute atomic E-state index is 12.0. The van der Waals surface area contributed by atoms with Gasteiger partial charge in [0.15, 0.2) is 4.34 Å². The van der Waals surface area contributed by atoms with Gasteiger partial charge in [-0.05, 0) is 92.8 Å². The van der Waals surface area contributed by atoms with Crippen molar-refractivity contribution in [3.05, 3.63) is 59.7 Å². The van der Waals surface area contributed by atoms with Gasteiger partial charge in [0.05, 0.1) is 40.1 Å². The Balaban J connectivity index is 1.06. The fourth-order valence-electron chi connectivity index (χ4n) is 4.76. The van der Waals surface area contributed by atoms with E-state index in [1.165, 1.54) is 40.9 Å². The highest BCUT2D eigenvalue weighted by atomic mass is 32.2. The number of hydrazine groups is 2. The first-order valence-electron chi connectivity index (χ1n) is 15.6. The Morgan fingerprint density at radius 1 is 0.913 bits per heavy atom. The van der Waals surface area contributed by atoms with Crippen LogP contribution in [0.3, 0.4) is 0 Å². The molecule has 244 valence electrons. The first-order valence-corrected chi connectivity index (χ1v) is 18.2. The summed E-state index contributed by atoms with van der Waals surface area (Å²) >= 11 is 4.46. The zero-order chi connectivity index (χ0) is 32.1. The lowest BCUT2D eigenvalue weighted by molar-refractivity contribution is -0.140. The highest BCUT2D eigenvalue weighted by molar-refractivity contribution is 8.01. The lowest BCUT2D eigenvalue weighted by Crippen LogP contribution is -2.15. The Hall–Kier alpha value is -3.88. The van der Waals surface area contributed by atoms with Gasteiger partial charge in [-0.15, -0.1) is 10.2 Å². The number of carbonyl (C=O) groups is 1. The normalized spacial score (nSPS) is 12.9. The average molecular weight is 680 g/mol. The van der Waals surface area contributed by atoms with Gasteiger partial charge in [0.25, 0.3) is 0 Å². The summed E-state index contributed by atoms with van der Waals surface area (Å²) in [5.74, 6) is -0.00685. The van der Waals surface area contributed by atoms with Crippen LogP contribution in [-0.4, -0.2) is 41.6 Å². The molecule has 0 radical (unpaired) electrons. The van der Waals surface area contributed by atoms with E-state index in [9.17, 15) is 4.79 Å². The highest BCUT2D eigenvalue weighted by Crippen LogP contribution is 2.33. The topological polar surface area (TPSA) is 128 Å². The van der Waals surface area contributed by atoms with E-state index in [4.69, 9.17) is 4.74 Å². The summed E-state index contributed by atoms with van der Waals surface area (Å²) in [5.41, 5.74) is 18.3. The van der Waals surface area contributed by atoms with Crippen LogP contribution in [0.15, 0.2) is 63.1 Å². The Kier molecular flexibility index (Phi) is 12.5. The van der Waals surface area contributed by atoms with Crippen molar-refractivity contribution in [2.75, 3.05) is 52.1 Å². The number of aromatic nitrogens is 2. The number of rotatable bonds is 17. The SMILES string of the molecule is CCCCCCOC(=O)CSc1nnc(NNc2ccc(/N=N/c3ccc(NNc4ccc(N5CCCC5)s4)cc3C)cc2C)s1. The summed E-state index contributed by atoms with van der Waals surface area (Å²) in [4.78, 5) is 14.4. The van der Waals surface area contributed by atoms with Crippen molar-refractivity contribution in [3.63, 3.8) is 0 Å². The van der Waals surface area contributed by atoms with E-state index in [-0.39, 0.29) is 11.7 Å². The second kappa shape index (κ2) is 17.2. The van der Waals surface area contributed by atoms with E-state index in [1.807, 2.05) is 44.2 Å². The van der Waals surface area contributed by atoms with Gasteiger partial charge in [-0.2, -0.15) is 10.2 Å². The van der Waals surface area contributed by atoms with Gasteiger partial charge >= 0.3 is 5.97 Å². The van der Waals surface area contributed by atoms with E-state index in [0.29, 0.717) is 16.1 Å². The molecule has 0 saturated carbocycles. The number of aryl methyl sites for hydroxylation is 2. The van der Waals surface area contributed by atoms with Crippen LogP contribution in [0.25, 0.3) is 0 Å². The van der Waals surface area contributed by atoms with Crippen molar-refractivity contribution < 1.29 is 9.53 Å². The van der Waals surface area contributed by atoms with Crippen LogP contribution in [-0.2, 0) is 9.53 Å². The van der Waals surface area contributed by atoms with Gasteiger partial charge in [-0.1, -0.05) is 60.6 Å². The number of carbonyl (C=O) groups excluding carboxylic acids is 1. The third kappa shape index (κ3) is 10.1. The number of thiophene rings is 1. The third-order valence-electron chi connectivity index (χ3n) is 7.30. The molecular formula is C32H41N9O2S3. The molecule has 1 aliphatic rings. The number of esters is 1. The molecule has 14 heteroatoms. The number of nitrogens with one attached hydrogen (secondary N) is 4. The standard InChI is InChI=1S/C32H41N9O2S3/c1-4-5-6-9-18-43-30(42)21-44-32-40-39-31(46-32)38-36-27-13-10-24(19-23(27)3)33-35-26-12-11-25(20-22(26)2)34-37-28-14-15-29(45-28)41-16-7-8-17-41/h10-15,19-20,34,36-37H,4-9,16-18,21H2,1-3H3,(H,38,39)/b35-33+. The maximum Gasteiger partial charge on any atom is 0.316 e. The quantitative estimate of drug-likeness (QED) is 0.0282. The fraction of sp³-hybridized carbons (Fsp3) is 0.406. The molecule has 1 aliphatic heterocycles. The molecule has 46 heavy (non-hydrogen) atoms. The van der Waals surface area contributed by atoms with E-state index in [0.717, 1.165) is 77.7 Å². The zero-order valence-electron chi connectivity index (χ0n) is 26.5. The first-order chi connectivity index (χ1) is 22.5. The molecular weight excluding hydrogens is 639 g/mol. The van der Waals surface area contributed by atoms with E-state index in [1.54, 1.807) is 11.3 Å². The van der Waals surface area contributed by atoms with Gasteiger partial charge in [-0.3, -0.25) is 21.1 Å². The number of benzene rings is 2. The smallest absolute Gasteiger partial charge is 0.316 e. The first kappa shape index (κ1) is 33.5. The van der Waals surface area contributed by atoms with E-state index in [2.05, 4.69) is 72.2 Å². The molecule has 0 bridgehead atoms. The van der Waals surface area contributed by atoms with Gasteiger partial charge in [0.1, 0.15) is 5.00 Å². The molecule has 3 heterocycles. The number of anilines is 5. The molecule has 2 aromatic heterocycles. The molecule has 4 N–H and O–H groups in total. The van der Waals surface area contributed by atoms with Crippen LogP contribution in [0.2, 0.25) is 0 Å². The zero-order valence-corrected chi connectivity index (χ0v) is 28.9. The van der Waals surface area contributed by atoms with Gasteiger partial charge in [-0.25, -0.2) is 0 Å². The number of thioether (sulfide) groups is 1. The Morgan fingerprint density at radius 2 is 1.78 bits per heavy atom. The van der Waals surface area contributed by atoms with Crippen LogP contribution in [0.1, 0.15) is 56.6 Å². The second-order valence-corrected chi connectivity index (χ2v) is 14.2. The average Bonchev–Trinajstić information content (AvgIpc) is 3.84. The number of hydrogen-bond acceptors (Lipinski definition) is 14. The molecule has 0 atom stereocenters. The van der Waals surface area contributed by atoms with Gasteiger partial charge in [0.2, 0.25) is 5.13 Å². The van der Waals surface area contributed by atoms with Crippen molar-refractivity contribution in [1.82, 2.24) is 10.2 Å². The molecule has 1 saturated heterocycles. The minimum atomic E-state index is -0.227. The number of unbranched alkanes of at least 4 members (excludes halogenated alkanes) is 3. The van der Waals surface area contributed by atoms with Crippen LogP contribution in [0, 0.1) is 13.8 Å². The number of azo groups is 1. The molecule has 0 spiro atoms. The largest absolute Gasteiger partial charge is 0.465 e. The summed E-state index contributed by atoms with van der Waals surface area (Å²) in [6.07, 6.45) is 6.87. The summed E-state index contributed by atoms with van der Waals surface area (Å²) in [5, 5.41) is 20.3. The van der Waals surface area contributed by atoms with Crippen LogP contribution in [0.4, 0.5) is 37.9 Å². The van der Waals surface area contributed by atoms with Gasteiger partial charge in [0, 0.05) is 13.1 Å². The lowest BCUT2D eigenvalue weighted by atomic mass is 10.2. The number of nitrogens with zero attached hydrogens (tertiary/aromatic N) is 5. The third-order valence-corrected chi connectivity index (χ3v) is 10.3. The van der Waals surface area contributed by atoms with Crippen molar-refractivity contribution in [2.45, 2.75) is 63.6 Å². The van der Waals surface area contributed by atoms with Crippen LogP contribution in [0.5, 0.6) is 0 Å². The summed E-state index contributed by atoms with van der Waals surface area (Å²) < 4.78 is 5.98. The van der Waals surface area contributed by atoms with E-state index < -0.39 is 0 Å². The van der Waals surface area contributed by atoms with Gasteiger partial charge < -0.3 is 15.1 Å². The molecule has 1 fully saturated rings. The van der Waals surface area contributed by atoms with Crippen molar-refractivity contribution in [3.8, 4) is 0 Å². The fourth-order valence-corrected chi connectivity index (χ4v) is 7.17. The predicted molar refractivity (Wildman–Crippen MR) is 193 cm³/mol. The monoisotopic (exact) mass is 679 g/mol. The Bertz CT molecular complexity index is 1600. The molecule has 0 unspecified atom stereocenters. The molecule has 5 rings (SSSR count). The minimum absolute atomic E-state index is 0.220. The van der Waals surface area contributed by atoms with Crippen LogP contribution >= 0.6 is 34.4 Å². The molecule has 0 aliphatic carbocycles. The summed E-state index contributed by atoms with van der Waals surface area (Å²) in [7, 11) is 0. The lowest BCUT2D eigenvalue weighted by Gasteiger charge is -2.14. The summed E-state index contributed by atoms with van der Waals surface area (Å²) in [6, 6.07) is 16.1. The predicted octanol–water partition coefficient (Wildman–Crippen LogP) is 9.33. The van der Waals surface area contributed by atoms with Crippen molar-refractivity contribution >= 4 is 78.3 Å². The number of hydrogen-bond donors (Lipinski definition) is 4. The maximum atomic E-state index is 12.0. The Labute approximate surface area is 282 Å². The molecule has 0 amide bonds. The Morgan fingerprint density at radius 3 is 2.59 bits per heavy atom. The van der Waals surface area contributed by atoms with Crippen LogP contribution < -0.4 is 26.6 Å². The summed E-state index contributed by atoms with van der Waals surface area (Å²) in [6.45, 7) is 8.95. The second-order valence-electron chi connectivity index (χ2n) is 11.0. The number of ether oxygens (including phenoxy) is 1. The minimum Gasteiger partial charge on any atom is -0.465 e. The molecule has 4 aromatic rings. The highest BCUT2D eigenvalue weighted by Gasteiger charge is 2.14.